The Hall–Kier alpha value is -2.60. The number of carbonyl (C=O) groups excluding carboxylic acids is 1. The molecule has 0 aliphatic heterocycles. The highest BCUT2D eigenvalue weighted by atomic mass is 16.5. The van der Waals surface area contributed by atoms with Crippen LogP contribution in [0.1, 0.15) is 29.2 Å². The van der Waals surface area contributed by atoms with Crippen LogP contribution in [0, 0.1) is 0 Å². The van der Waals surface area contributed by atoms with Crippen molar-refractivity contribution in [3.8, 4) is 17.0 Å². The Morgan fingerprint density at radius 3 is 2.45 bits per heavy atom. The summed E-state index contributed by atoms with van der Waals surface area (Å²) in [5.41, 5.74) is 3.47. The van der Waals surface area contributed by atoms with Gasteiger partial charge in [-0.2, -0.15) is 0 Å². The monoisotopic (exact) mass is 299 g/mol. The van der Waals surface area contributed by atoms with Gasteiger partial charge in [0.2, 0.25) is 0 Å². The zero-order chi connectivity index (χ0) is 15.7. The van der Waals surface area contributed by atoms with E-state index in [0.717, 1.165) is 29.8 Å². The lowest BCUT2D eigenvalue weighted by Gasteiger charge is -2.14. The van der Waals surface area contributed by atoms with Crippen molar-refractivity contribution in [2.75, 3.05) is 7.11 Å². The Morgan fingerprint density at radius 2 is 1.91 bits per heavy atom. The topological polar surface area (TPSA) is 86.3 Å². The second kappa shape index (κ2) is 5.65. The van der Waals surface area contributed by atoms with Gasteiger partial charge in [0.05, 0.1) is 12.8 Å². The van der Waals surface area contributed by atoms with Crippen LogP contribution in [0.25, 0.3) is 11.3 Å². The summed E-state index contributed by atoms with van der Waals surface area (Å²) in [5, 5.41) is 0. The van der Waals surface area contributed by atoms with E-state index in [-0.39, 0.29) is 17.2 Å². The molecule has 1 saturated carbocycles. The van der Waals surface area contributed by atoms with Gasteiger partial charge in [0.15, 0.2) is 0 Å². The smallest absolute Gasteiger partial charge is 0.270 e. The number of methoxy groups -OCH3 is 1. The van der Waals surface area contributed by atoms with Crippen molar-refractivity contribution in [1.29, 1.82) is 0 Å². The molecule has 1 aliphatic rings. The number of amides is 1. The number of nitrogens with one attached hydrogen (secondary N) is 1. The quantitative estimate of drug-likeness (QED) is 0.508. The third-order valence-corrected chi connectivity index (χ3v) is 3.79. The average Bonchev–Trinajstić information content (AvgIpc) is 3.38. The van der Waals surface area contributed by atoms with E-state index in [4.69, 9.17) is 10.6 Å². The highest BCUT2D eigenvalue weighted by Gasteiger charge is 2.29. The van der Waals surface area contributed by atoms with Gasteiger partial charge in [0.25, 0.3) is 11.5 Å². The molecule has 1 heterocycles. The fourth-order valence-corrected chi connectivity index (χ4v) is 2.50. The molecule has 1 aromatic carbocycles. The van der Waals surface area contributed by atoms with Crippen LogP contribution < -0.4 is 21.6 Å². The summed E-state index contributed by atoms with van der Waals surface area (Å²) in [7, 11) is 1.61. The first kappa shape index (κ1) is 14.3. The molecule has 1 aliphatic carbocycles. The summed E-state index contributed by atoms with van der Waals surface area (Å²) in [5.74, 6) is 5.32. The Kier molecular flexibility index (Phi) is 3.68. The molecule has 0 radical (unpaired) electrons. The minimum atomic E-state index is -0.569. The highest BCUT2D eigenvalue weighted by molar-refractivity contribution is 5.93. The van der Waals surface area contributed by atoms with E-state index in [0.29, 0.717) is 0 Å². The van der Waals surface area contributed by atoms with E-state index in [1.54, 1.807) is 17.7 Å². The molecule has 0 unspecified atom stereocenters. The van der Waals surface area contributed by atoms with Crippen molar-refractivity contribution >= 4 is 5.91 Å². The largest absolute Gasteiger partial charge is 0.497 e. The first-order valence-corrected chi connectivity index (χ1v) is 7.06. The number of hydrogen-bond acceptors (Lipinski definition) is 4. The molecule has 0 bridgehead atoms. The van der Waals surface area contributed by atoms with Crippen LogP contribution in [0.15, 0.2) is 41.2 Å². The van der Waals surface area contributed by atoms with Gasteiger partial charge in [0.1, 0.15) is 11.3 Å². The van der Waals surface area contributed by atoms with Crippen molar-refractivity contribution in [3.63, 3.8) is 0 Å². The molecule has 0 saturated heterocycles. The van der Waals surface area contributed by atoms with Crippen LogP contribution >= 0.6 is 0 Å². The van der Waals surface area contributed by atoms with Crippen molar-refractivity contribution in [3.05, 3.63) is 52.3 Å². The molecule has 114 valence electrons. The molecule has 1 fully saturated rings. The number of aromatic nitrogens is 1. The lowest BCUT2D eigenvalue weighted by atomic mass is 10.1. The SMILES string of the molecule is COc1ccc(-c2ccc(C(=O)NN)c(=O)n2C2CC2)cc1. The lowest BCUT2D eigenvalue weighted by Crippen LogP contribution is -2.36. The molecule has 3 N–H and O–H groups in total. The van der Waals surface area contributed by atoms with E-state index in [9.17, 15) is 9.59 Å². The van der Waals surface area contributed by atoms with E-state index in [1.165, 1.54) is 6.07 Å². The Balaban J connectivity index is 2.13. The van der Waals surface area contributed by atoms with Gasteiger partial charge in [0, 0.05) is 6.04 Å². The van der Waals surface area contributed by atoms with Crippen LogP contribution in [-0.4, -0.2) is 17.6 Å². The molecule has 22 heavy (non-hydrogen) atoms. The fraction of sp³-hybridized carbons (Fsp3) is 0.250. The van der Waals surface area contributed by atoms with Gasteiger partial charge in [-0.25, -0.2) is 5.84 Å². The summed E-state index contributed by atoms with van der Waals surface area (Å²) >= 11 is 0. The number of ether oxygens (including phenoxy) is 1. The average molecular weight is 299 g/mol. The number of nitrogens with zero attached hydrogens (tertiary/aromatic N) is 1. The molecule has 6 nitrogen and oxygen atoms in total. The van der Waals surface area contributed by atoms with Crippen LogP contribution in [0.3, 0.4) is 0 Å². The summed E-state index contributed by atoms with van der Waals surface area (Å²) < 4.78 is 6.84. The molecule has 0 atom stereocenters. The second-order valence-corrected chi connectivity index (χ2v) is 5.24. The van der Waals surface area contributed by atoms with Crippen molar-refractivity contribution < 1.29 is 9.53 Å². The van der Waals surface area contributed by atoms with Crippen LogP contribution in [0.5, 0.6) is 5.75 Å². The number of hydrogen-bond donors (Lipinski definition) is 2. The van der Waals surface area contributed by atoms with Crippen molar-refractivity contribution in [1.82, 2.24) is 9.99 Å². The van der Waals surface area contributed by atoms with Crippen LogP contribution in [0.2, 0.25) is 0 Å². The van der Waals surface area contributed by atoms with Crippen molar-refractivity contribution in [2.24, 2.45) is 5.84 Å². The zero-order valence-electron chi connectivity index (χ0n) is 12.2. The molecule has 6 heteroatoms. The van der Waals surface area contributed by atoms with E-state index in [2.05, 4.69) is 0 Å². The maximum absolute atomic E-state index is 12.6. The van der Waals surface area contributed by atoms with Gasteiger partial charge in [-0.1, -0.05) is 0 Å². The Morgan fingerprint density at radius 1 is 1.23 bits per heavy atom. The number of benzene rings is 1. The molecular formula is C16H17N3O3. The number of hydrazine groups is 1. The van der Waals surface area contributed by atoms with Gasteiger partial charge in [-0.15, -0.1) is 0 Å². The number of rotatable bonds is 4. The number of pyridine rings is 1. The van der Waals surface area contributed by atoms with E-state index < -0.39 is 5.91 Å². The summed E-state index contributed by atoms with van der Waals surface area (Å²) in [4.78, 5) is 24.3. The van der Waals surface area contributed by atoms with Gasteiger partial charge in [-0.3, -0.25) is 15.0 Å². The predicted octanol–water partition coefficient (Wildman–Crippen LogP) is 1.46. The zero-order valence-corrected chi connectivity index (χ0v) is 12.2. The molecule has 1 aromatic heterocycles. The fourth-order valence-electron chi connectivity index (χ4n) is 2.50. The van der Waals surface area contributed by atoms with Gasteiger partial charge >= 0.3 is 0 Å². The lowest BCUT2D eigenvalue weighted by molar-refractivity contribution is 0.0951. The molecule has 0 spiro atoms. The first-order chi connectivity index (χ1) is 10.7. The molecule has 3 rings (SSSR count). The maximum atomic E-state index is 12.6. The Labute approximate surface area is 127 Å². The second-order valence-electron chi connectivity index (χ2n) is 5.24. The third kappa shape index (κ3) is 2.48. The van der Waals surface area contributed by atoms with Crippen molar-refractivity contribution in [2.45, 2.75) is 18.9 Å². The number of nitrogens with two attached hydrogens (primary N) is 1. The van der Waals surface area contributed by atoms with Crippen LogP contribution in [0.4, 0.5) is 0 Å². The highest BCUT2D eigenvalue weighted by Crippen LogP contribution is 2.37. The number of carbonyl (C=O) groups is 1. The summed E-state index contributed by atoms with van der Waals surface area (Å²) in [6.07, 6.45) is 1.88. The number of nitrogen functional groups attached to an aromatic ring is 1. The Bertz CT molecular complexity index is 761. The van der Waals surface area contributed by atoms with E-state index in [1.807, 2.05) is 29.7 Å². The van der Waals surface area contributed by atoms with E-state index >= 15 is 0 Å². The third-order valence-electron chi connectivity index (χ3n) is 3.79. The molecule has 2 aromatic rings. The van der Waals surface area contributed by atoms with Crippen LogP contribution in [-0.2, 0) is 0 Å². The van der Waals surface area contributed by atoms with Gasteiger partial charge < -0.3 is 9.30 Å². The molecule has 1 amide bonds. The maximum Gasteiger partial charge on any atom is 0.270 e. The van der Waals surface area contributed by atoms with Gasteiger partial charge in [-0.05, 0) is 54.8 Å². The first-order valence-electron chi connectivity index (χ1n) is 7.06. The predicted molar refractivity (Wildman–Crippen MR) is 82.6 cm³/mol. The summed E-state index contributed by atoms with van der Waals surface area (Å²) in [6.45, 7) is 0. The molecular weight excluding hydrogens is 282 g/mol. The summed E-state index contributed by atoms with van der Waals surface area (Å²) in [6, 6.07) is 10.9. The minimum absolute atomic E-state index is 0.0617. The minimum Gasteiger partial charge on any atom is -0.497 e. The standard InChI is InChI=1S/C16H17N3O3/c1-22-12-6-2-10(3-7-12)14-9-8-13(15(20)18-17)16(21)19(14)11-4-5-11/h2-3,6-9,11H,4-5,17H2,1H3,(H,18,20). The normalized spacial score (nSPS) is 13.7.